The Labute approximate surface area is 218 Å². The fourth-order valence-electron chi connectivity index (χ4n) is 5.00. The van der Waals surface area contributed by atoms with Gasteiger partial charge < -0.3 is 25.2 Å². The number of ether oxygens (including phenoxy) is 1. The number of allylic oxidation sites excluding steroid dienone is 2. The van der Waals surface area contributed by atoms with Crippen LogP contribution in [0.4, 0.5) is 0 Å². The third kappa shape index (κ3) is 9.43. The molecule has 5 atom stereocenters. The highest BCUT2D eigenvalue weighted by molar-refractivity contribution is 5.87. The molecule has 0 aliphatic heterocycles. The molecule has 1 saturated carbocycles. The van der Waals surface area contributed by atoms with Crippen molar-refractivity contribution in [2.45, 2.75) is 76.1 Å². The van der Waals surface area contributed by atoms with Crippen LogP contribution in [0.3, 0.4) is 0 Å². The normalized spacial score (nSPS) is 22.2. The number of esters is 1. The number of rotatable bonds is 14. The molecule has 1 aliphatic carbocycles. The molecule has 1 fully saturated rings. The van der Waals surface area contributed by atoms with Gasteiger partial charge in [0.25, 0.3) is 0 Å². The highest BCUT2D eigenvalue weighted by atomic mass is 16.5. The molecule has 7 nitrogen and oxygen atoms in total. The van der Waals surface area contributed by atoms with Crippen LogP contribution in [0.15, 0.2) is 66.7 Å². The first-order valence-corrected chi connectivity index (χ1v) is 13.1. The van der Waals surface area contributed by atoms with Gasteiger partial charge in [-0.1, -0.05) is 42.5 Å². The molecule has 3 rings (SSSR count). The predicted octanol–water partition coefficient (Wildman–Crippen LogP) is 4.54. The molecule has 200 valence electrons. The van der Waals surface area contributed by atoms with Gasteiger partial charge in [0, 0.05) is 6.42 Å². The number of unbranched alkanes of at least 4 members (excludes halogenated alkanes) is 1. The standard InChI is InChI=1S/C30H38O7/c31-23(15-12-21-8-4-3-5-9-21)16-19-26-25(27(32)20-28(26)33)10-6-1-2-7-11-29(34)37-24-17-13-22(14-18-24)30(35)36/h1,3-6,8-9,13-14,17-18,23,25-28,31-33H,2,7,10-12,15-16,19-20H2,(H,35,36)/b6-1-/t23-,25+,26+,27-,28+/m0/s1. The Bertz CT molecular complexity index is 1000. The topological polar surface area (TPSA) is 124 Å². The quantitative estimate of drug-likeness (QED) is 0.127. The molecule has 0 bridgehead atoms. The van der Waals surface area contributed by atoms with Gasteiger partial charge in [0.2, 0.25) is 0 Å². The number of carbonyl (C=O) groups excluding carboxylic acids is 1. The van der Waals surface area contributed by atoms with Crippen molar-refractivity contribution in [1.82, 2.24) is 0 Å². The van der Waals surface area contributed by atoms with Gasteiger partial charge in [-0.05, 0) is 93.0 Å². The summed E-state index contributed by atoms with van der Waals surface area (Å²) in [4.78, 5) is 22.9. The summed E-state index contributed by atoms with van der Waals surface area (Å²) in [7, 11) is 0. The Morgan fingerprint density at radius 3 is 2.35 bits per heavy atom. The predicted molar refractivity (Wildman–Crippen MR) is 140 cm³/mol. The number of aryl methyl sites for hydroxylation is 1. The first-order chi connectivity index (χ1) is 17.8. The summed E-state index contributed by atoms with van der Waals surface area (Å²) in [6.07, 6.45) is 7.72. The average Bonchev–Trinajstić information content (AvgIpc) is 3.16. The summed E-state index contributed by atoms with van der Waals surface area (Å²) < 4.78 is 5.23. The van der Waals surface area contributed by atoms with Gasteiger partial charge in [-0.3, -0.25) is 4.79 Å². The summed E-state index contributed by atoms with van der Waals surface area (Å²) in [5.41, 5.74) is 1.33. The molecular formula is C30H38O7. The van der Waals surface area contributed by atoms with E-state index in [0.29, 0.717) is 50.7 Å². The smallest absolute Gasteiger partial charge is 0.335 e. The molecule has 4 N–H and O–H groups in total. The van der Waals surface area contributed by atoms with Crippen LogP contribution in [-0.2, 0) is 11.2 Å². The second-order valence-corrected chi connectivity index (χ2v) is 9.86. The van der Waals surface area contributed by atoms with Gasteiger partial charge in [-0.15, -0.1) is 0 Å². The minimum atomic E-state index is -1.04. The second-order valence-electron chi connectivity index (χ2n) is 9.86. The van der Waals surface area contributed by atoms with Gasteiger partial charge >= 0.3 is 11.9 Å². The van der Waals surface area contributed by atoms with E-state index in [0.717, 1.165) is 6.42 Å². The van der Waals surface area contributed by atoms with E-state index in [1.807, 2.05) is 30.4 Å². The van der Waals surface area contributed by atoms with Gasteiger partial charge in [-0.2, -0.15) is 0 Å². The van der Waals surface area contributed by atoms with Crippen molar-refractivity contribution in [3.05, 3.63) is 77.9 Å². The van der Waals surface area contributed by atoms with Crippen molar-refractivity contribution in [2.24, 2.45) is 11.8 Å². The first kappa shape index (κ1) is 28.6. The third-order valence-electron chi connectivity index (χ3n) is 7.12. The number of carboxylic acid groups (broad SMARTS) is 1. The lowest BCUT2D eigenvalue weighted by Gasteiger charge is -2.23. The molecule has 0 spiro atoms. The maximum Gasteiger partial charge on any atom is 0.335 e. The molecule has 1 aliphatic rings. The lowest BCUT2D eigenvalue weighted by Crippen LogP contribution is -2.23. The van der Waals surface area contributed by atoms with Crippen LogP contribution in [0.2, 0.25) is 0 Å². The Kier molecular flexibility index (Phi) is 11.3. The van der Waals surface area contributed by atoms with E-state index in [-0.39, 0.29) is 29.8 Å². The van der Waals surface area contributed by atoms with E-state index in [1.54, 1.807) is 0 Å². The van der Waals surface area contributed by atoms with Crippen LogP contribution in [-0.4, -0.2) is 50.7 Å². The van der Waals surface area contributed by atoms with Crippen LogP contribution in [0, 0.1) is 11.8 Å². The van der Waals surface area contributed by atoms with Gasteiger partial charge in [0.15, 0.2) is 0 Å². The molecule has 0 amide bonds. The lowest BCUT2D eigenvalue weighted by molar-refractivity contribution is -0.134. The molecule has 0 aromatic heterocycles. The number of aliphatic hydroxyl groups excluding tert-OH is 3. The number of benzene rings is 2. The van der Waals surface area contributed by atoms with Crippen molar-refractivity contribution >= 4 is 11.9 Å². The molecule has 2 aromatic rings. The van der Waals surface area contributed by atoms with Gasteiger partial charge in [0.1, 0.15) is 5.75 Å². The van der Waals surface area contributed by atoms with Gasteiger partial charge in [0.05, 0.1) is 23.9 Å². The van der Waals surface area contributed by atoms with E-state index in [2.05, 4.69) is 12.1 Å². The van der Waals surface area contributed by atoms with Crippen molar-refractivity contribution < 1.29 is 34.8 Å². The summed E-state index contributed by atoms with van der Waals surface area (Å²) in [6.45, 7) is 0. The largest absolute Gasteiger partial charge is 0.478 e. The Hall–Kier alpha value is -3.00. The SMILES string of the molecule is O=C(CCC/C=C\C[C@@H]1[C@@H](CC[C@@H](O)CCc2ccccc2)[C@H](O)C[C@@H]1O)Oc1ccc(C(=O)O)cc1. The first-order valence-electron chi connectivity index (χ1n) is 13.1. The number of aliphatic hydroxyl groups is 3. The van der Waals surface area contributed by atoms with E-state index >= 15 is 0 Å². The van der Waals surface area contributed by atoms with Crippen LogP contribution < -0.4 is 4.74 Å². The minimum Gasteiger partial charge on any atom is -0.478 e. The number of aromatic carboxylic acids is 1. The number of hydrogen-bond donors (Lipinski definition) is 4. The van der Waals surface area contributed by atoms with E-state index < -0.39 is 24.3 Å². The Morgan fingerprint density at radius 2 is 1.65 bits per heavy atom. The summed E-state index contributed by atoms with van der Waals surface area (Å²) in [5.74, 6) is -1.20. The monoisotopic (exact) mass is 510 g/mol. The Morgan fingerprint density at radius 1 is 0.946 bits per heavy atom. The zero-order valence-corrected chi connectivity index (χ0v) is 21.1. The van der Waals surface area contributed by atoms with Crippen LogP contribution >= 0.6 is 0 Å². The number of carboxylic acids is 1. The number of carbonyl (C=O) groups is 2. The fourth-order valence-corrected chi connectivity index (χ4v) is 5.00. The van der Waals surface area contributed by atoms with Crippen LogP contribution in [0.1, 0.15) is 67.3 Å². The molecule has 2 aromatic carbocycles. The van der Waals surface area contributed by atoms with E-state index in [9.17, 15) is 24.9 Å². The van der Waals surface area contributed by atoms with Crippen molar-refractivity contribution in [2.75, 3.05) is 0 Å². The molecule has 0 saturated heterocycles. The summed E-state index contributed by atoms with van der Waals surface area (Å²) in [6, 6.07) is 15.8. The highest BCUT2D eigenvalue weighted by Gasteiger charge is 2.40. The molecule has 7 heteroatoms. The van der Waals surface area contributed by atoms with Crippen molar-refractivity contribution in [3.63, 3.8) is 0 Å². The Balaban J connectivity index is 1.35. The lowest BCUT2D eigenvalue weighted by atomic mass is 9.85. The van der Waals surface area contributed by atoms with Crippen LogP contribution in [0.25, 0.3) is 0 Å². The van der Waals surface area contributed by atoms with Gasteiger partial charge in [-0.25, -0.2) is 4.79 Å². The maximum atomic E-state index is 12.0. The van der Waals surface area contributed by atoms with E-state index in [1.165, 1.54) is 29.8 Å². The van der Waals surface area contributed by atoms with Crippen molar-refractivity contribution in [3.8, 4) is 5.75 Å². The second kappa shape index (κ2) is 14.7. The summed E-state index contributed by atoms with van der Waals surface area (Å²) >= 11 is 0. The molecule has 0 radical (unpaired) electrons. The maximum absolute atomic E-state index is 12.0. The summed E-state index contributed by atoms with van der Waals surface area (Å²) in [5, 5.41) is 40.3. The minimum absolute atomic E-state index is 0.0477. The van der Waals surface area contributed by atoms with Crippen LogP contribution in [0.5, 0.6) is 5.75 Å². The van der Waals surface area contributed by atoms with Crippen molar-refractivity contribution in [1.29, 1.82) is 0 Å². The zero-order valence-electron chi connectivity index (χ0n) is 21.1. The number of hydrogen-bond acceptors (Lipinski definition) is 6. The highest BCUT2D eigenvalue weighted by Crippen LogP contribution is 2.38. The zero-order chi connectivity index (χ0) is 26.6. The molecular weight excluding hydrogens is 472 g/mol. The molecule has 0 heterocycles. The average molecular weight is 511 g/mol. The molecule has 0 unspecified atom stereocenters. The molecule has 37 heavy (non-hydrogen) atoms. The van der Waals surface area contributed by atoms with E-state index in [4.69, 9.17) is 9.84 Å². The fraction of sp³-hybridized carbons (Fsp3) is 0.467. The third-order valence-corrected chi connectivity index (χ3v) is 7.12.